The van der Waals surface area contributed by atoms with Crippen LogP contribution in [0.15, 0.2) is 29.4 Å². The fourth-order valence-corrected chi connectivity index (χ4v) is 3.16. The molecule has 0 aliphatic carbocycles. The van der Waals surface area contributed by atoms with Crippen molar-refractivity contribution in [2.75, 3.05) is 20.0 Å². The number of aromatic nitrogens is 4. The standard InChI is InChI=1S/C19H20N4O4S/c1-11-14(12(2)23-18(20-11)21-19(22-23)28-4)9-17(25)27-10-15(24)13-7-5-6-8-16(13)26-3/h5-8H,9-10H2,1-4H3. The number of ether oxygens (including phenoxy) is 2. The maximum atomic E-state index is 12.3. The number of aryl methyl sites for hydroxylation is 2. The van der Waals surface area contributed by atoms with E-state index in [9.17, 15) is 9.59 Å². The summed E-state index contributed by atoms with van der Waals surface area (Å²) in [6, 6.07) is 6.81. The molecule has 0 atom stereocenters. The molecule has 1 aromatic carbocycles. The van der Waals surface area contributed by atoms with Gasteiger partial charge in [-0.3, -0.25) is 9.59 Å². The van der Waals surface area contributed by atoms with Gasteiger partial charge in [-0.05, 0) is 32.2 Å². The van der Waals surface area contributed by atoms with Crippen LogP contribution in [0.1, 0.15) is 27.3 Å². The van der Waals surface area contributed by atoms with Crippen molar-refractivity contribution in [3.63, 3.8) is 0 Å². The smallest absolute Gasteiger partial charge is 0.310 e. The lowest BCUT2D eigenvalue weighted by molar-refractivity contribution is -0.141. The van der Waals surface area contributed by atoms with E-state index < -0.39 is 5.97 Å². The lowest BCUT2D eigenvalue weighted by atomic mass is 10.1. The molecule has 0 saturated carbocycles. The first kappa shape index (κ1) is 19.8. The van der Waals surface area contributed by atoms with Gasteiger partial charge in [-0.15, -0.1) is 5.10 Å². The number of Topliss-reactive ketones (excluding diaryl/α,β-unsaturated/α-hetero) is 1. The number of carbonyl (C=O) groups excluding carboxylic acids is 2. The third-order valence-corrected chi connectivity index (χ3v) is 4.84. The van der Waals surface area contributed by atoms with Crippen LogP contribution in [0, 0.1) is 13.8 Å². The van der Waals surface area contributed by atoms with Gasteiger partial charge in [0.25, 0.3) is 5.78 Å². The average molecular weight is 400 g/mol. The van der Waals surface area contributed by atoms with Crippen molar-refractivity contribution in [2.45, 2.75) is 25.4 Å². The summed E-state index contributed by atoms with van der Waals surface area (Å²) in [5, 5.41) is 4.97. The van der Waals surface area contributed by atoms with Crippen LogP contribution in [-0.2, 0) is 16.0 Å². The highest BCUT2D eigenvalue weighted by molar-refractivity contribution is 7.98. The molecule has 3 aromatic rings. The molecule has 0 amide bonds. The summed E-state index contributed by atoms with van der Waals surface area (Å²) in [7, 11) is 1.49. The molecule has 0 bridgehead atoms. The third-order valence-electron chi connectivity index (χ3n) is 4.30. The topological polar surface area (TPSA) is 95.7 Å². The number of ketones is 1. The van der Waals surface area contributed by atoms with E-state index in [0.717, 1.165) is 5.69 Å². The highest BCUT2D eigenvalue weighted by atomic mass is 32.2. The van der Waals surface area contributed by atoms with Crippen LogP contribution in [-0.4, -0.2) is 51.3 Å². The number of carbonyl (C=O) groups is 2. The van der Waals surface area contributed by atoms with Crippen LogP contribution in [0.3, 0.4) is 0 Å². The lowest BCUT2D eigenvalue weighted by Gasteiger charge is -2.11. The van der Waals surface area contributed by atoms with Gasteiger partial charge in [-0.1, -0.05) is 23.9 Å². The zero-order valence-corrected chi connectivity index (χ0v) is 16.9. The van der Waals surface area contributed by atoms with Crippen LogP contribution in [0.4, 0.5) is 0 Å². The average Bonchev–Trinajstić information content (AvgIpc) is 3.12. The van der Waals surface area contributed by atoms with Crippen LogP contribution in [0.2, 0.25) is 0 Å². The van der Waals surface area contributed by atoms with E-state index in [1.165, 1.54) is 18.9 Å². The number of esters is 1. The summed E-state index contributed by atoms with van der Waals surface area (Å²) in [6.07, 6.45) is 1.88. The minimum atomic E-state index is -0.513. The zero-order valence-electron chi connectivity index (χ0n) is 16.1. The Bertz CT molecular complexity index is 1050. The number of hydrogen-bond acceptors (Lipinski definition) is 8. The fourth-order valence-electron chi connectivity index (χ4n) is 2.83. The Balaban J connectivity index is 1.72. The maximum absolute atomic E-state index is 12.3. The van der Waals surface area contributed by atoms with E-state index in [1.54, 1.807) is 28.8 Å². The van der Waals surface area contributed by atoms with Crippen molar-refractivity contribution in [1.29, 1.82) is 0 Å². The molecule has 0 saturated heterocycles. The van der Waals surface area contributed by atoms with Gasteiger partial charge in [0.1, 0.15) is 5.75 Å². The molecule has 9 heteroatoms. The van der Waals surface area contributed by atoms with Crippen LogP contribution >= 0.6 is 11.8 Å². The summed E-state index contributed by atoms with van der Waals surface area (Å²) in [5.74, 6) is 0.0954. The van der Waals surface area contributed by atoms with Crippen molar-refractivity contribution in [3.05, 3.63) is 46.8 Å². The molecule has 0 radical (unpaired) electrons. The third kappa shape index (κ3) is 3.99. The molecule has 2 heterocycles. The molecule has 28 heavy (non-hydrogen) atoms. The van der Waals surface area contributed by atoms with Crippen molar-refractivity contribution in [3.8, 4) is 5.75 Å². The fraction of sp³-hybridized carbons (Fsp3) is 0.316. The Hall–Kier alpha value is -2.94. The molecular weight excluding hydrogens is 380 g/mol. The number of fused-ring (bicyclic) bond motifs is 1. The van der Waals surface area contributed by atoms with Gasteiger partial charge in [-0.25, -0.2) is 9.50 Å². The summed E-state index contributed by atoms with van der Waals surface area (Å²) in [5.41, 5.74) is 2.53. The lowest BCUT2D eigenvalue weighted by Crippen LogP contribution is -2.18. The van der Waals surface area contributed by atoms with Gasteiger partial charge in [0.05, 0.1) is 19.1 Å². The summed E-state index contributed by atoms with van der Waals surface area (Å²) < 4.78 is 12.0. The predicted octanol–water partition coefficient (Wildman–Crippen LogP) is 2.44. The van der Waals surface area contributed by atoms with E-state index in [-0.39, 0.29) is 18.8 Å². The van der Waals surface area contributed by atoms with E-state index in [0.29, 0.717) is 33.5 Å². The zero-order chi connectivity index (χ0) is 20.3. The van der Waals surface area contributed by atoms with Crippen molar-refractivity contribution < 1.29 is 19.1 Å². The van der Waals surface area contributed by atoms with Gasteiger partial charge in [0.15, 0.2) is 6.61 Å². The number of methoxy groups -OCH3 is 1. The number of thioether (sulfide) groups is 1. The molecular formula is C19H20N4O4S. The predicted molar refractivity (Wildman–Crippen MR) is 104 cm³/mol. The molecule has 8 nitrogen and oxygen atoms in total. The number of benzene rings is 1. The van der Waals surface area contributed by atoms with E-state index in [1.807, 2.05) is 20.1 Å². The van der Waals surface area contributed by atoms with Gasteiger partial charge in [0, 0.05) is 17.0 Å². The van der Waals surface area contributed by atoms with Crippen LogP contribution in [0.25, 0.3) is 5.78 Å². The molecule has 146 valence electrons. The van der Waals surface area contributed by atoms with Crippen molar-refractivity contribution in [2.24, 2.45) is 0 Å². The first-order valence-electron chi connectivity index (χ1n) is 8.53. The second-order valence-corrected chi connectivity index (χ2v) is 6.81. The normalized spacial score (nSPS) is 10.9. The van der Waals surface area contributed by atoms with Gasteiger partial charge >= 0.3 is 5.97 Å². The molecule has 2 aromatic heterocycles. The van der Waals surface area contributed by atoms with Gasteiger partial charge in [0.2, 0.25) is 10.9 Å². The monoisotopic (exact) mass is 400 g/mol. The molecule has 3 rings (SSSR count). The number of nitrogens with zero attached hydrogens (tertiary/aromatic N) is 4. The second-order valence-electron chi connectivity index (χ2n) is 6.03. The van der Waals surface area contributed by atoms with Crippen LogP contribution in [0.5, 0.6) is 5.75 Å². The Kier molecular flexibility index (Phi) is 5.93. The number of para-hydroxylation sites is 1. The summed E-state index contributed by atoms with van der Waals surface area (Å²) >= 11 is 1.42. The van der Waals surface area contributed by atoms with E-state index in [2.05, 4.69) is 15.1 Å². The number of hydrogen-bond donors (Lipinski definition) is 0. The molecule has 0 aliphatic heterocycles. The molecule has 0 aliphatic rings. The van der Waals surface area contributed by atoms with E-state index in [4.69, 9.17) is 9.47 Å². The van der Waals surface area contributed by atoms with Gasteiger partial charge < -0.3 is 9.47 Å². The van der Waals surface area contributed by atoms with E-state index >= 15 is 0 Å². The highest BCUT2D eigenvalue weighted by Crippen LogP contribution is 2.19. The van der Waals surface area contributed by atoms with Crippen LogP contribution < -0.4 is 4.74 Å². The Morgan fingerprint density at radius 3 is 2.64 bits per heavy atom. The molecule has 0 fully saturated rings. The Morgan fingerprint density at radius 2 is 1.93 bits per heavy atom. The molecule has 0 N–H and O–H groups in total. The summed E-state index contributed by atoms with van der Waals surface area (Å²) in [4.78, 5) is 33.4. The highest BCUT2D eigenvalue weighted by Gasteiger charge is 2.18. The summed E-state index contributed by atoms with van der Waals surface area (Å²) in [6.45, 7) is 3.30. The Labute approximate surface area is 166 Å². The SMILES string of the molecule is COc1ccccc1C(=O)COC(=O)Cc1c(C)nc2nc(SC)nn2c1C. The van der Waals surface area contributed by atoms with Gasteiger partial charge in [-0.2, -0.15) is 4.98 Å². The molecule has 0 spiro atoms. The minimum absolute atomic E-state index is 0.00568. The first-order valence-corrected chi connectivity index (χ1v) is 9.75. The van der Waals surface area contributed by atoms with Crippen molar-refractivity contribution in [1.82, 2.24) is 19.6 Å². The molecule has 0 unspecified atom stereocenters. The number of rotatable bonds is 7. The second kappa shape index (κ2) is 8.39. The Morgan fingerprint density at radius 1 is 1.18 bits per heavy atom. The van der Waals surface area contributed by atoms with Crippen molar-refractivity contribution >= 4 is 29.3 Å². The maximum Gasteiger partial charge on any atom is 0.310 e. The largest absolute Gasteiger partial charge is 0.496 e. The first-order chi connectivity index (χ1) is 13.4. The quantitative estimate of drug-likeness (QED) is 0.339. The minimum Gasteiger partial charge on any atom is -0.496 e.